The topological polar surface area (TPSA) is 72.7 Å². The minimum Gasteiger partial charge on any atom is -0.345 e. The van der Waals surface area contributed by atoms with Gasteiger partial charge < -0.3 is 5.32 Å². The molecule has 4 aromatic rings. The van der Waals surface area contributed by atoms with Gasteiger partial charge in [-0.05, 0) is 42.3 Å². The third kappa shape index (κ3) is 3.81. The monoisotopic (exact) mass is 369 g/mol. The number of nitrogens with zero attached hydrogens (tertiary/aromatic N) is 4. The smallest absolute Gasteiger partial charge is 0.291 e. The number of carbonyl (C=O) groups excluding carboxylic acids is 1. The first-order chi connectivity index (χ1) is 13.7. The molecule has 0 aliphatic rings. The first-order valence-electron chi connectivity index (χ1n) is 8.97. The van der Waals surface area contributed by atoms with E-state index in [4.69, 9.17) is 0 Å². The number of amides is 1. The molecule has 0 saturated heterocycles. The average Bonchev–Trinajstić information content (AvgIpc) is 3.19. The summed E-state index contributed by atoms with van der Waals surface area (Å²) in [6.07, 6.45) is 3.39. The molecular formula is C22H19N5O. The van der Waals surface area contributed by atoms with Gasteiger partial charge in [-0.25, -0.2) is 9.67 Å². The number of hydrogen-bond acceptors (Lipinski definition) is 4. The van der Waals surface area contributed by atoms with Gasteiger partial charge >= 0.3 is 0 Å². The Labute approximate surface area is 162 Å². The van der Waals surface area contributed by atoms with Gasteiger partial charge in [0.1, 0.15) is 0 Å². The molecule has 138 valence electrons. The van der Waals surface area contributed by atoms with E-state index in [0.29, 0.717) is 12.4 Å². The van der Waals surface area contributed by atoms with Crippen LogP contribution in [-0.2, 0) is 6.54 Å². The van der Waals surface area contributed by atoms with Crippen molar-refractivity contribution in [3.8, 4) is 17.1 Å². The second-order valence-corrected chi connectivity index (χ2v) is 6.41. The molecule has 0 spiro atoms. The fraction of sp³-hybridized carbons (Fsp3) is 0.0909. The molecule has 0 saturated carbocycles. The van der Waals surface area contributed by atoms with Crippen molar-refractivity contribution in [2.45, 2.75) is 13.5 Å². The van der Waals surface area contributed by atoms with Crippen LogP contribution in [-0.4, -0.2) is 25.7 Å². The van der Waals surface area contributed by atoms with Crippen LogP contribution in [0.5, 0.6) is 0 Å². The zero-order valence-corrected chi connectivity index (χ0v) is 15.4. The van der Waals surface area contributed by atoms with E-state index in [2.05, 4.69) is 20.4 Å². The number of pyridine rings is 1. The second kappa shape index (κ2) is 7.84. The van der Waals surface area contributed by atoms with E-state index >= 15 is 0 Å². The van der Waals surface area contributed by atoms with Crippen molar-refractivity contribution in [2.24, 2.45) is 0 Å². The lowest BCUT2D eigenvalue weighted by Gasteiger charge is -2.06. The molecule has 2 aromatic heterocycles. The molecule has 2 heterocycles. The maximum atomic E-state index is 12.6. The number of nitrogens with one attached hydrogen (secondary N) is 1. The van der Waals surface area contributed by atoms with E-state index in [-0.39, 0.29) is 11.7 Å². The summed E-state index contributed by atoms with van der Waals surface area (Å²) in [4.78, 5) is 21.2. The molecule has 0 unspecified atom stereocenters. The fourth-order valence-corrected chi connectivity index (χ4v) is 2.88. The van der Waals surface area contributed by atoms with Crippen LogP contribution in [0.25, 0.3) is 17.1 Å². The van der Waals surface area contributed by atoms with Crippen LogP contribution in [0.4, 0.5) is 0 Å². The molecule has 0 aliphatic carbocycles. The fourth-order valence-electron chi connectivity index (χ4n) is 2.88. The first kappa shape index (κ1) is 17.6. The predicted octanol–water partition coefficient (Wildman–Crippen LogP) is 3.57. The van der Waals surface area contributed by atoms with Crippen LogP contribution in [0.15, 0.2) is 79.1 Å². The van der Waals surface area contributed by atoms with E-state index in [1.54, 1.807) is 17.1 Å². The first-order valence-corrected chi connectivity index (χ1v) is 8.97. The minimum absolute atomic E-state index is 0.134. The Kier molecular flexibility index (Phi) is 4.93. The highest BCUT2D eigenvalue weighted by molar-refractivity contribution is 5.91. The third-order valence-electron chi connectivity index (χ3n) is 4.29. The Morgan fingerprint density at radius 3 is 2.54 bits per heavy atom. The summed E-state index contributed by atoms with van der Waals surface area (Å²) in [6, 6.07) is 21.4. The van der Waals surface area contributed by atoms with Crippen LogP contribution < -0.4 is 5.32 Å². The molecule has 0 radical (unpaired) electrons. The summed E-state index contributed by atoms with van der Waals surface area (Å²) < 4.78 is 1.71. The normalized spacial score (nSPS) is 10.6. The summed E-state index contributed by atoms with van der Waals surface area (Å²) >= 11 is 0. The number of benzene rings is 2. The van der Waals surface area contributed by atoms with E-state index in [1.165, 1.54) is 0 Å². The van der Waals surface area contributed by atoms with Crippen molar-refractivity contribution >= 4 is 5.91 Å². The molecule has 0 atom stereocenters. The molecule has 0 bridgehead atoms. The SMILES string of the molecule is Cc1cccc(-n2nc(C(=O)NCc3ccncc3)nc2-c2ccccc2)c1. The Bertz CT molecular complexity index is 1090. The minimum atomic E-state index is -0.319. The maximum absolute atomic E-state index is 12.6. The number of hydrogen-bond donors (Lipinski definition) is 1. The van der Waals surface area contributed by atoms with Crippen molar-refractivity contribution in [3.63, 3.8) is 0 Å². The van der Waals surface area contributed by atoms with E-state index in [1.807, 2.05) is 73.7 Å². The molecule has 6 heteroatoms. The lowest BCUT2D eigenvalue weighted by molar-refractivity contribution is 0.0940. The van der Waals surface area contributed by atoms with Crippen LogP contribution in [0.1, 0.15) is 21.7 Å². The molecule has 4 rings (SSSR count). The van der Waals surface area contributed by atoms with Gasteiger partial charge in [0.25, 0.3) is 5.91 Å². The highest BCUT2D eigenvalue weighted by Gasteiger charge is 2.18. The van der Waals surface area contributed by atoms with Gasteiger partial charge in [0, 0.05) is 24.5 Å². The van der Waals surface area contributed by atoms with Crippen molar-refractivity contribution in [3.05, 3.63) is 96.1 Å². The molecule has 28 heavy (non-hydrogen) atoms. The summed E-state index contributed by atoms with van der Waals surface area (Å²) in [6.45, 7) is 2.41. The van der Waals surface area contributed by atoms with Gasteiger partial charge in [0.05, 0.1) is 5.69 Å². The summed E-state index contributed by atoms with van der Waals surface area (Å²) in [5, 5.41) is 7.36. The van der Waals surface area contributed by atoms with Gasteiger partial charge in [-0.15, -0.1) is 5.10 Å². The van der Waals surface area contributed by atoms with Crippen LogP contribution >= 0.6 is 0 Å². The highest BCUT2D eigenvalue weighted by atomic mass is 16.2. The summed E-state index contributed by atoms with van der Waals surface area (Å²) in [5.41, 5.74) is 3.82. The van der Waals surface area contributed by atoms with Crippen LogP contribution in [0.2, 0.25) is 0 Å². The maximum Gasteiger partial charge on any atom is 0.291 e. The average molecular weight is 369 g/mol. The van der Waals surface area contributed by atoms with Crippen molar-refractivity contribution in [2.75, 3.05) is 0 Å². The van der Waals surface area contributed by atoms with Crippen molar-refractivity contribution in [1.29, 1.82) is 0 Å². The third-order valence-corrected chi connectivity index (χ3v) is 4.29. The summed E-state index contributed by atoms with van der Waals surface area (Å²) in [7, 11) is 0. The molecule has 2 aromatic carbocycles. The standard InChI is InChI=1S/C22H19N5O/c1-16-6-5-9-19(14-16)27-21(18-7-3-2-4-8-18)25-20(26-27)22(28)24-15-17-10-12-23-13-11-17/h2-14H,15H2,1H3,(H,24,28). The Morgan fingerprint density at radius 1 is 1.00 bits per heavy atom. The number of aromatic nitrogens is 4. The lowest BCUT2D eigenvalue weighted by atomic mass is 10.2. The zero-order chi connectivity index (χ0) is 19.3. The molecule has 0 fully saturated rings. The van der Waals surface area contributed by atoms with Gasteiger partial charge in [-0.3, -0.25) is 9.78 Å². The van der Waals surface area contributed by atoms with Gasteiger partial charge in [0.2, 0.25) is 5.82 Å². The van der Waals surface area contributed by atoms with Gasteiger partial charge in [-0.1, -0.05) is 42.5 Å². The Morgan fingerprint density at radius 2 is 1.79 bits per heavy atom. The summed E-state index contributed by atoms with van der Waals surface area (Å²) in [5.74, 6) is 0.440. The molecule has 1 N–H and O–H groups in total. The highest BCUT2D eigenvalue weighted by Crippen LogP contribution is 2.21. The molecule has 0 aliphatic heterocycles. The largest absolute Gasteiger partial charge is 0.345 e. The van der Waals surface area contributed by atoms with E-state index < -0.39 is 0 Å². The number of aryl methyl sites for hydroxylation is 1. The van der Waals surface area contributed by atoms with E-state index in [9.17, 15) is 4.79 Å². The molecule has 1 amide bonds. The van der Waals surface area contributed by atoms with Crippen molar-refractivity contribution in [1.82, 2.24) is 25.1 Å². The van der Waals surface area contributed by atoms with E-state index in [0.717, 1.165) is 22.4 Å². The number of carbonyl (C=O) groups is 1. The van der Waals surface area contributed by atoms with Crippen molar-refractivity contribution < 1.29 is 4.79 Å². The van der Waals surface area contributed by atoms with Gasteiger partial charge in [-0.2, -0.15) is 0 Å². The number of rotatable bonds is 5. The molecule has 6 nitrogen and oxygen atoms in total. The Balaban J connectivity index is 1.68. The van der Waals surface area contributed by atoms with Gasteiger partial charge in [0.15, 0.2) is 5.82 Å². The quantitative estimate of drug-likeness (QED) is 0.584. The second-order valence-electron chi connectivity index (χ2n) is 6.41. The zero-order valence-electron chi connectivity index (χ0n) is 15.4. The lowest BCUT2D eigenvalue weighted by Crippen LogP contribution is -2.24. The predicted molar refractivity (Wildman–Crippen MR) is 107 cm³/mol. The molecular weight excluding hydrogens is 350 g/mol. The Hall–Kier alpha value is -3.80. The van der Waals surface area contributed by atoms with Crippen LogP contribution in [0, 0.1) is 6.92 Å². The van der Waals surface area contributed by atoms with Crippen LogP contribution in [0.3, 0.4) is 0 Å².